The molecule has 12 heteroatoms. The number of amides is 3. The van der Waals surface area contributed by atoms with E-state index in [1.165, 1.54) is 13.1 Å². The van der Waals surface area contributed by atoms with Gasteiger partial charge in [0.1, 0.15) is 5.69 Å². The molecule has 0 spiro atoms. The molecule has 160 valence electrons. The number of pyridine rings is 1. The number of aromatic nitrogens is 5. The standard InChI is InChI=1S/C19H22N10O2/c1-10-7-11-9-28(4)16-13(29(11)27-10)5-6-22-17(16)23-12-8-14(24-19(31)21-3)25-26-15(12)18(30)20-2/h5-8H,9H2,1-4H3,(H,20,30)(H3,21,22,23,24,25,31)/i2D3. The van der Waals surface area contributed by atoms with Gasteiger partial charge < -0.3 is 20.9 Å². The molecule has 0 saturated heterocycles. The van der Waals surface area contributed by atoms with E-state index in [4.69, 9.17) is 4.11 Å². The SMILES string of the molecule is [2H]C([2H])([2H])NC(=O)c1nnc(NC(=O)NC)cc1Nc1nccc2c1N(C)Cc1cc(C)nn1-2. The largest absolute Gasteiger partial charge is 0.364 e. The lowest BCUT2D eigenvalue weighted by molar-refractivity contribution is 0.0958. The normalized spacial score (nSPS) is 13.8. The first-order valence-corrected chi connectivity index (χ1v) is 9.28. The summed E-state index contributed by atoms with van der Waals surface area (Å²) in [5.74, 6) is -0.555. The van der Waals surface area contributed by atoms with Crippen LogP contribution >= 0.6 is 0 Å². The van der Waals surface area contributed by atoms with Gasteiger partial charge >= 0.3 is 6.03 Å². The first-order chi connectivity index (χ1) is 16.1. The van der Waals surface area contributed by atoms with Crippen molar-refractivity contribution in [2.75, 3.05) is 36.6 Å². The zero-order valence-corrected chi connectivity index (χ0v) is 17.0. The van der Waals surface area contributed by atoms with Crippen LogP contribution in [0.25, 0.3) is 5.69 Å². The molecule has 3 aromatic heterocycles. The van der Waals surface area contributed by atoms with Crippen molar-refractivity contribution < 1.29 is 13.7 Å². The Balaban J connectivity index is 1.78. The maximum absolute atomic E-state index is 12.6. The van der Waals surface area contributed by atoms with Gasteiger partial charge in [0.2, 0.25) is 0 Å². The molecule has 0 fully saturated rings. The van der Waals surface area contributed by atoms with E-state index in [1.807, 2.05) is 41.0 Å². The molecule has 4 N–H and O–H groups in total. The highest BCUT2D eigenvalue weighted by molar-refractivity contribution is 5.99. The molecule has 3 aromatic rings. The van der Waals surface area contributed by atoms with Gasteiger partial charge in [-0.3, -0.25) is 10.1 Å². The Labute approximate surface area is 182 Å². The van der Waals surface area contributed by atoms with Crippen LogP contribution in [-0.2, 0) is 6.54 Å². The first-order valence-electron chi connectivity index (χ1n) is 10.8. The van der Waals surface area contributed by atoms with Gasteiger partial charge in [0.05, 0.1) is 29.3 Å². The number of hydrogen-bond donors (Lipinski definition) is 4. The number of aryl methyl sites for hydroxylation is 1. The number of hydrogen-bond acceptors (Lipinski definition) is 8. The molecule has 1 aliphatic rings. The minimum Gasteiger partial charge on any atom is -0.364 e. The van der Waals surface area contributed by atoms with Crippen molar-refractivity contribution in [1.29, 1.82) is 0 Å². The second-order valence-electron chi connectivity index (χ2n) is 6.85. The number of nitrogens with one attached hydrogen (secondary N) is 4. The first kappa shape index (κ1) is 16.6. The molecule has 1 aliphatic heterocycles. The fourth-order valence-corrected chi connectivity index (χ4v) is 3.36. The second-order valence-corrected chi connectivity index (χ2v) is 6.85. The lowest BCUT2D eigenvalue weighted by atomic mass is 10.2. The predicted octanol–water partition coefficient (Wildman–Crippen LogP) is 1.17. The zero-order chi connectivity index (χ0) is 24.6. The molecule has 0 bridgehead atoms. The van der Waals surface area contributed by atoms with Crippen molar-refractivity contribution >= 4 is 34.9 Å². The fourth-order valence-electron chi connectivity index (χ4n) is 3.36. The van der Waals surface area contributed by atoms with E-state index >= 15 is 0 Å². The van der Waals surface area contributed by atoms with Crippen LogP contribution in [0.1, 0.15) is 26.0 Å². The summed E-state index contributed by atoms with van der Waals surface area (Å²) in [5, 5.41) is 22.0. The van der Waals surface area contributed by atoms with Crippen LogP contribution in [0.2, 0.25) is 0 Å². The van der Waals surface area contributed by atoms with Crippen molar-refractivity contribution in [3.63, 3.8) is 0 Å². The number of nitrogens with zero attached hydrogens (tertiary/aromatic N) is 6. The predicted molar refractivity (Wildman–Crippen MR) is 115 cm³/mol. The van der Waals surface area contributed by atoms with Gasteiger partial charge in [0.25, 0.3) is 5.91 Å². The number of rotatable bonds is 4. The molecule has 0 atom stereocenters. The highest BCUT2D eigenvalue weighted by Crippen LogP contribution is 2.37. The van der Waals surface area contributed by atoms with E-state index in [-0.39, 0.29) is 17.2 Å². The number of anilines is 4. The van der Waals surface area contributed by atoms with Crippen LogP contribution < -0.4 is 26.2 Å². The van der Waals surface area contributed by atoms with E-state index < -0.39 is 18.9 Å². The third kappa shape index (κ3) is 3.70. The molecular weight excluding hydrogens is 400 g/mol. The highest BCUT2D eigenvalue weighted by atomic mass is 16.2. The van der Waals surface area contributed by atoms with Gasteiger partial charge in [0, 0.05) is 37.4 Å². The smallest absolute Gasteiger partial charge is 0.320 e. The average molecular weight is 425 g/mol. The molecule has 0 radical (unpaired) electrons. The monoisotopic (exact) mass is 425 g/mol. The Morgan fingerprint density at radius 2 is 2.06 bits per heavy atom. The molecular formula is C19H22N10O2. The summed E-state index contributed by atoms with van der Waals surface area (Å²) in [5.41, 5.74) is 3.16. The Morgan fingerprint density at radius 3 is 2.84 bits per heavy atom. The molecule has 4 heterocycles. The summed E-state index contributed by atoms with van der Waals surface area (Å²) in [4.78, 5) is 30.7. The Bertz CT molecular complexity index is 1270. The van der Waals surface area contributed by atoms with Crippen LogP contribution in [0.4, 0.5) is 27.8 Å². The minimum absolute atomic E-state index is 0.0374. The lowest BCUT2D eigenvalue weighted by Gasteiger charge is -2.30. The Morgan fingerprint density at radius 1 is 1.23 bits per heavy atom. The van der Waals surface area contributed by atoms with E-state index in [1.54, 1.807) is 6.20 Å². The molecule has 0 saturated carbocycles. The summed E-state index contributed by atoms with van der Waals surface area (Å²) in [7, 11) is 3.32. The summed E-state index contributed by atoms with van der Waals surface area (Å²) in [6.07, 6.45) is 1.58. The summed E-state index contributed by atoms with van der Waals surface area (Å²) >= 11 is 0. The quantitative estimate of drug-likeness (QED) is 0.488. The van der Waals surface area contributed by atoms with Gasteiger partial charge in [-0.1, -0.05) is 0 Å². The van der Waals surface area contributed by atoms with Crippen molar-refractivity contribution in [3.8, 4) is 5.69 Å². The summed E-state index contributed by atoms with van der Waals surface area (Å²) < 4.78 is 23.8. The number of fused-ring (bicyclic) bond motifs is 3. The molecule has 3 amide bonds. The molecule has 4 rings (SSSR count). The summed E-state index contributed by atoms with van der Waals surface area (Å²) in [6.45, 7) is -0.253. The van der Waals surface area contributed by atoms with Crippen LogP contribution in [-0.4, -0.2) is 58.0 Å². The van der Waals surface area contributed by atoms with Crippen LogP contribution in [0.5, 0.6) is 0 Å². The number of carbonyl (C=O) groups is 2. The van der Waals surface area contributed by atoms with Crippen LogP contribution in [0, 0.1) is 6.92 Å². The Kier molecular flexibility index (Phi) is 4.22. The topological polar surface area (TPSA) is 142 Å². The van der Waals surface area contributed by atoms with Crippen LogP contribution in [0.15, 0.2) is 24.4 Å². The van der Waals surface area contributed by atoms with Gasteiger partial charge in [-0.25, -0.2) is 14.5 Å². The Hall–Kier alpha value is -4.22. The van der Waals surface area contributed by atoms with E-state index in [0.717, 1.165) is 17.1 Å². The summed E-state index contributed by atoms with van der Waals surface area (Å²) in [6, 6.07) is 4.63. The van der Waals surface area contributed by atoms with Crippen molar-refractivity contribution in [1.82, 2.24) is 35.6 Å². The maximum atomic E-state index is 12.6. The number of carbonyl (C=O) groups excluding carboxylic acids is 2. The molecule has 0 aliphatic carbocycles. The minimum atomic E-state index is -2.73. The van der Waals surface area contributed by atoms with Crippen molar-refractivity contribution in [3.05, 3.63) is 41.5 Å². The molecule has 0 aromatic carbocycles. The number of urea groups is 1. The van der Waals surface area contributed by atoms with Crippen LogP contribution in [0.3, 0.4) is 0 Å². The van der Waals surface area contributed by atoms with Crippen molar-refractivity contribution in [2.24, 2.45) is 0 Å². The highest BCUT2D eigenvalue weighted by Gasteiger charge is 2.26. The van der Waals surface area contributed by atoms with E-state index in [0.29, 0.717) is 18.1 Å². The van der Waals surface area contributed by atoms with Crippen molar-refractivity contribution in [2.45, 2.75) is 13.5 Å². The fraction of sp³-hybridized carbons (Fsp3) is 0.263. The van der Waals surface area contributed by atoms with E-state index in [9.17, 15) is 9.59 Å². The zero-order valence-electron chi connectivity index (χ0n) is 20.0. The molecule has 31 heavy (non-hydrogen) atoms. The third-order valence-electron chi connectivity index (χ3n) is 4.66. The van der Waals surface area contributed by atoms with Gasteiger partial charge in [0.15, 0.2) is 17.3 Å². The van der Waals surface area contributed by atoms with Gasteiger partial charge in [-0.2, -0.15) is 5.10 Å². The maximum Gasteiger partial charge on any atom is 0.320 e. The molecule has 12 nitrogen and oxygen atoms in total. The van der Waals surface area contributed by atoms with Gasteiger partial charge in [-0.05, 0) is 19.1 Å². The second kappa shape index (κ2) is 7.89. The molecule has 0 unspecified atom stereocenters. The van der Waals surface area contributed by atoms with Gasteiger partial charge in [-0.15, -0.1) is 10.2 Å². The third-order valence-corrected chi connectivity index (χ3v) is 4.66. The van der Waals surface area contributed by atoms with E-state index in [2.05, 4.69) is 36.2 Å². The lowest BCUT2D eigenvalue weighted by Crippen LogP contribution is -2.28. The average Bonchev–Trinajstić information content (AvgIpc) is 3.12.